The van der Waals surface area contributed by atoms with Crippen LogP contribution in [0.15, 0.2) is 24.3 Å². The maximum absolute atomic E-state index is 14.8. The van der Waals surface area contributed by atoms with E-state index in [1.807, 2.05) is 6.92 Å². The summed E-state index contributed by atoms with van der Waals surface area (Å²) in [6.07, 6.45) is 21.0. The molecule has 0 amide bonds. The van der Waals surface area contributed by atoms with Crippen LogP contribution in [0.25, 0.3) is 0 Å². The lowest BCUT2D eigenvalue weighted by atomic mass is 9.64. The molecular weight excluding hydrogens is 414 g/mol. The van der Waals surface area contributed by atoms with Gasteiger partial charge in [0.15, 0.2) is 11.6 Å². The van der Waals surface area contributed by atoms with E-state index in [-0.39, 0.29) is 11.7 Å². The molecule has 0 saturated heterocycles. The van der Waals surface area contributed by atoms with Crippen molar-refractivity contribution in [1.29, 1.82) is 0 Å². The van der Waals surface area contributed by atoms with E-state index in [1.54, 1.807) is 12.1 Å². The first-order valence-corrected chi connectivity index (χ1v) is 13.8. The highest BCUT2D eigenvalue weighted by atomic mass is 19.2. The number of allylic oxidation sites excluding steroid dienone is 2. The maximum Gasteiger partial charge on any atom is 0.200 e. The molecule has 1 aromatic carbocycles. The van der Waals surface area contributed by atoms with Crippen molar-refractivity contribution in [3.8, 4) is 5.75 Å². The molecule has 0 radical (unpaired) electrons. The van der Waals surface area contributed by atoms with E-state index in [2.05, 4.69) is 19.1 Å². The van der Waals surface area contributed by atoms with E-state index >= 15 is 0 Å². The van der Waals surface area contributed by atoms with Gasteiger partial charge in [-0.15, -0.1) is 0 Å². The second kappa shape index (κ2) is 11.8. The number of rotatable bonds is 7. The van der Waals surface area contributed by atoms with Gasteiger partial charge in [-0.2, -0.15) is 4.39 Å². The Morgan fingerprint density at radius 3 is 1.79 bits per heavy atom. The average Bonchev–Trinajstić information content (AvgIpc) is 2.86. The fourth-order valence-electron chi connectivity index (χ4n) is 7.26. The molecule has 1 nitrogen and oxygen atoms in total. The van der Waals surface area contributed by atoms with E-state index in [9.17, 15) is 8.78 Å². The second-order valence-corrected chi connectivity index (χ2v) is 11.1. The fraction of sp³-hybridized carbons (Fsp3) is 0.733. The second-order valence-electron chi connectivity index (χ2n) is 11.1. The molecule has 0 heterocycles. The number of benzene rings is 1. The van der Waals surface area contributed by atoms with Crippen molar-refractivity contribution in [1.82, 2.24) is 0 Å². The Morgan fingerprint density at radius 1 is 0.758 bits per heavy atom. The van der Waals surface area contributed by atoms with E-state index < -0.39 is 11.6 Å². The van der Waals surface area contributed by atoms with Gasteiger partial charge < -0.3 is 4.74 Å². The first-order chi connectivity index (χ1) is 16.1. The van der Waals surface area contributed by atoms with Gasteiger partial charge in [-0.05, 0) is 138 Å². The zero-order valence-electron chi connectivity index (χ0n) is 20.8. The smallest absolute Gasteiger partial charge is 0.200 e. The molecule has 3 aliphatic carbocycles. The van der Waals surface area contributed by atoms with Gasteiger partial charge in [0, 0.05) is 0 Å². The lowest BCUT2D eigenvalue weighted by Gasteiger charge is -2.41. The molecule has 3 heteroatoms. The minimum Gasteiger partial charge on any atom is -0.490 e. The number of ether oxygens (including phenoxy) is 1. The van der Waals surface area contributed by atoms with E-state index in [0.717, 1.165) is 48.9 Å². The normalized spacial score (nSPS) is 33.3. The molecule has 3 fully saturated rings. The summed E-state index contributed by atoms with van der Waals surface area (Å²) in [4.78, 5) is 0. The lowest BCUT2D eigenvalue weighted by Crippen LogP contribution is -2.29. The van der Waals surface area contributed by atoms with Crippen molar-refractivity contribution in [2.24, 2.45) is 29.6 Å². The standard InChI is InChI=1S/C30H44F2O/c1-3-5-21-6-8-22(9-7-21)23-10-12-24(13-11-23)25-14-16-26(17-15-25)27-18-19-28(33-20-4-2)30(32)29(27)31/h3,5,18-19,21-26H,4,6-17,20H2,1-2H3. The number of hydrogen-bond acceptors (Lipinski definition) is 1. The Morgan fingerprint density at radius 2 is 1.27 bits per heavy atom. The molecule has 0 N–H and O–H groups in total. The monoisotopic (exact) mass is 458 g/mol. The summed E-state index contributed by atoms with van der Waals surface area (Å²) in [6, 6.07) is 3.40. The van der Waals surface area contributed by atoms with Crippen LogP contribution in [0, 0.1) is 41.2 Å². The first kappa shape index (κ1) is 24.7. The predicted molar refractivity (Wildman–Crippen MR) is 133 cm³/mol. The molecule has 1 aromatic rings. The van der Waals surface area contributed by atoms with Gasteiger partial charge in [-0.1, -0.05) is 25.1 Å². The van der Waals surface area contributed by atoms with Crippen molar-refractivity contribution in [3.63, 3.8) is 0 Å². The Kier molecular flexibility index (Phi) is 8.88. The third-order valence-corrected chi connectivity index (χ3v) is 9.18. The van der Waals surface area contributed by atoms with Gasteiger partial charge in [-0.25, -0.2) is 4.39 Å². The van der Waals surface area contributed by atoms with Crippen molar-refractivity contribution in [2.45, 2.75) is 103 Å². The van der Waals surface area contributed by atoms with Crippen LogP contribution in [0.3, 0.4) is 0 Å². The highest BCUT2D eigenvalue weighted by molar-refractivity contribution is 5.33. The molecule has 0 aromatic heterocycles. The van der Waals surface area contributed by atoms with Crippen molar-refractivity contribution in [3.05, 3.63) is 41.5 Å². The van der Waals surface area contributed by atoms with Crippen LogP contribution < -0.4 is 4.74 Å². The van der Waals surface area contributed by atoms with Crippen LogP contribution in [0.4, 0.5) is 8.78 Å². The van der Waals surface area contributed by atoms with Crippen LogP contribution in [-0.2, 0) is 0 Å². The third-order valence-electron chi connectivity index (χ3n) is 9.18. The SMILES string of the molecule is CC=CC1CCC(C2CCC(C3CCC(c4ccc(OCCC)c(F)c4F)CC3)CC2)CC1. The maximum atomic E-state index is 14.8. The van der Waals surface area contributed by atoms with E-state index in [0.29, 0.717) is 12.2 Å². The lowest BCUT2D eigenvalue weighted by molar-refractivity contribution is 0.114. The first-order valence-electron chi connectivity index (χ1n) is 13.8. The molecular formula is C30H44F2O. The van der Waals surface area contributed by atoms with Crippen LogP contribution in [0.2, 0.25) is 0 Å². The van der Waals surface area contributed by atoms with E-state index in [1.165, 1.54) is 64.2 Å². The van der Waals surface area contributed by atoms with Gasteiger partial charge in [0.2, 0.25) is 5.82 Å². The summed E-state index contributed by atoms with van der Waals surface area (Å²) < 4.78 is 34.6. The molecule has 3 saturated carbocycles. The predicted octanol–water partition coefficient (Wildman–Crippen LogP) is 9.22. The molecule has 0 bridgehead atoms. The van der Waals surface area contributed by atoms with Crippen LogP contribution in [0.1, 0.15) is 109 Å². The Hall–Kier alpha value is -1.38. The summed E-state index contributed by atoms with van der Waals surface area (Å²) in [5.74, 6) is 3.10. The summed E-state index contributed by atoms with van der Waals surface area (Å²) in [6.45, 7) is 4.53. The molecule has 0 spiro atoms. The van der Waals surface area contributed by atoms with Crippen molar-refractivity contribution < 1.29 is 13.5 Å². The van der Waals surface area contributed by atoms with Gasteiger partial charge in [0.1, 0.15) is 0 Å². The van der Waals surface area contributed by atoms with Crippen molar-refractivity contribution in [2.75, 3.05) is 6.61 Å². The summed E-state index contributed by atoms with van der Waals surface area (Å²) >= 11 is 0. The Balaban J connectivity index is 1.24. The number of halogens is 2. The fourth-order valence-corrected chi connectivity index (χ4v) is 7.26. The van der Waals surface area contributed by atoms with Gasteiger partial charge in [0.05, 0.1) is 6.61 Å². The molecule has 3 aliphatic rings. The molecule has 33 heavy (non-hydrogen) atoms. The van der Waals surface area contributed by atoms with Crippen molar-refractivity contribution >= 4 is 0 Å². The third kappa shape index (κ3) is 6.01. The molecule has 0 atom stereocenters. The average molecular weight is 459 g/mol. The summed E-state index contributed by atoms with van der Waals surface area (Å²) in [7, 11) is 0. The zero-order chi connectivity index (χ0) is 23.2. The highest BCUT2D eigenvalue weighted by Gasteiger charge is 2.35. The molecule has 0 aliphatic heterocycles. The topological polar surface area (TPSA) is 9.23 Å². The minimum atomic E-state index is -0.804. The number of hydrogen-bond donors (Lipinski definition) is 0. The summed E-state index contributed by atoms with van der Waals surface area (Å²) in [5, 5.41) is 0. The van der Waals surface area contributed by atoms with Gasteiger partial charge in [0.25, 0.3) is 0 Å². The Bertz CT molecular complexity index is 764. The highest BCUT2D eigenvalue weighted by Crippen LogP contribution is 2.47. The van der Waals surface area contributed by atoms with Gasteiger partial charge in [-0.3, -0.25) is 0 Å². The van der Waals surface area contributed by atoms with Gasteiger partial charge >= 0.3 is 0 Å². The quantitative estimate of drug-likeness (QED) is 0.370. The zero-order valence-corrected chi connectivity index (χ0v) is 20.8. The van der Waals surface area contributed by atoms with Crippen LogP contribution in [0.5, 0.6) is 5.75 Å². The molecule has 0 unspecified atom stereocenters. The Labute approximate surface area is 200 Å². The largest absolute Gasteiger partial charge is 0.490 e. The van der Waals surface area contributed by atoms with E-state index in [4.69, 9.17) is 4.74 Å². The molecule has 184 valence electrons. The summed E-state index contributed by atoms with van der Waals surface area (Å²) in [5.41, 5.74) is 0.562. The minimum absolute atomic E-state index is 0.0545. The van der Waals surface area contributed by atoms with Crippen LogP contribution >= 0.6 is 0 Å². The van der Waals surface area contributed by atoms with Crippen LogP contribution in [-0.4, -0.2) is 6.61 Å². The molecule has 4 rings (SSSR count).